The minimum absolute atomic E-state index is 0.175. The number of hydrogen-bond acceptors (Lipinski definition) is 4. The van der Waals surface area contributed by atoms with Crippen LogP contribution in [0.25, 0.3) is 0 Å². The second kappa shape index (κ2) is 2.85. The highest BCUT2D eigenvalue weighted by Crippen LogP contribution is 2.28. The number of amides is 2. The Hall–Kier alpha value is -0.910. The Bertz CT molecular complexity index is 264. The third-order valence-electron chi connectivity index (χ3n) is 1.29. The minimum atomic E-state index is -1.49. The van der Waals surface area contributed by atoms with Gasteiger partial charge in [0, 0.05) is 6.92 Å². The minimum Gasteiger partial charge on any atom is -0.437 e. The van der Waals surface area contributed by atoms with E-state index in [0.717, 1.165) is 0 Å². The molecule has 1 aliphatic heterocycles. The van der Waals surface area contributed by atoms with Crippen LogP contribution in [0.3, 0.4) is 0 Å². The number of ether oxygens (including phenoxy) is 1. The quantitative estimate of drug-likeness (QED) is 0.385. The largest absolute Gasteiger partial charge is 0.437 e. The molecule has 1 saturated heterocycles. The highest BCUT2D eigenvalue weighted by atomic mass is 79.9. The van der Waals surface area contributed by atoms with Crippen LogP contribution in [-0.2, 0) is 19.1 Å². The van der Waals surface area contributed by atoms with E-state index in [9.17, 15) is 14.4 Å². The zero-order chi connectivity index (χ0) is 9.35. The van der Waals surface area contributed by atoms with Crippen molar-refractivity contribution in [1.29, 1.82) is 0 Å². The van der Waals surface area contributed by atoms with Gasteiger partial charge in [-0.1, -0.05) is 0 Å². The number of rotatable bonds is 1. The lowest BCUT2D eigenvalue weighted by atomic mass is 10.3. The van der Waals surface area contributed by atoms with E-state index in [-0.39, 0.29) is 6.42 Å². The Morgan fingerprint density at radius 2 is 2.25 bits per heavy atom. The number of halogens is 1. The summed E-state index contributed by atoms with van der Waals surface area (Å²) in [7, 11) is 0. The summed E-state index contributed by atoms with van der Waals surface area (Å²) in [6, 6.07) is 0. The Morgan fingerprint density at radius 1 is 1.67 bits per heavy atom. The van der Waals surface area contributed by atoms with Crippen LogP contribution in [0.4, 0.5) is 0 Å². The number of imide groups is 1. The number of esters is 1. The maximum absolute atomic E-state index is 11.0. The first-order chi connectivity index (χ1) is 5.44. The van der Waals surface area contributed by atoms with Crippen molar-refractivity contribution >= 4 is 33.7 Å². The average Bonchev–Trinajstić information content (AvgIpc) is 2.04. The maximum atomic E-state index is 11.0. The second-order valence-corrected chi connectivity index (χ2v) is 3.66. The highest BCUT2D eigenvalue weighted by molar-refractivity contribution is 9.10. The molecule has 1 aliphatic rings. The van der Waals surface area contributed by atoms with Crippen LogP contribution >= 0.6 is 15.9 Å². The standard InChI is InChI=1S/C6H6BrNO4/c1-3(9)12-6(7)2-4(10)8-5(6)11/h2H2,1H3,(H,8,10,11). The van der Waals surface area contributed by atoms with E-state index in [2.05, 4.69) is 20.7 Å². The van der Waals surface area contributed by atoms with E-state index < -0.39 is 22.3 Å². The summed E-state index contributed by atoms with van der Waals surface area (Å²) in [5.41, 5.74) is 0. The van der Waals surface area contributed by atoms with Crippen molar-refractivity contribution in [2.75, 3.05) is 0 Å². The third kappa shape index (κ3) is 1.63. The molecule has 0 bridgehead atoms. The molecule has 0 radical (unpaired) electrons. The van der Waals surface area contributed by atoms with Crippen molar-refractivity contribution in [2.24, 2.45) is 0 Å². The summed E-state index contributed by atoms with van der Waals surface area (Å²) in [5, 5.41) is 2.01. The van der Waals surface area contributed by atoms with Crippen LogP contribution in [0, 0.1) is 0 Å². The predicted octanol–water partition coefficient (Wildman–Crippen LogP) is -0.313. The summed E-state index contributed by atoms with van der Waals surface area (Å²) in [6.45, 7) is 1.17. The molecular formula is C6H6BrNO4. The highest BCUT2D eigenvalue weighted by Gasteiger charge is 2.47. The fourth-order valence-corrected chi connectivity index (χ4v) is 1.44. The normalized spacial score (nSPS) is 28.5. The molecule has 1 N–H and O–H groups in total. The van der Waals surface area contributed by atoms with Crippen molar-refractivity contribution in [3.8, 4) is 0 Å². The van der Waals surface area contributed by atoms with Gasteiger partial charge in [0.15, 0.2) is 0 Å². The van der Waals surface area contributed by atoms with Gasteiger partial charge in [-0.25, -0.2) is 0 Å². The van der Waals surface area contributed by atoms with Crippen LogP contribution in [0.2, 0.25) is 0 Å². The maximum Gasteiger partial charge on any atom is 0.304 e. The van der Waals surface area contributed by atoms with Gasteiger partial charge in [0.05, 0.1) is 6.42 Å². The van der Waals surface area contributed by atoms with Gasteiger partial charge in [0.2, 0.25) is 5.91 Å². The molecule has 0 spiro atoms. The summed E-state index contributed by atoms with van der Waals surface area (Å²) >= 11 is 2.88. The van der Waals surface area contributed by atoms with E-state index >= 15 is 0 Å². The predicted molar refractivity (Wildman–Crippen MR) is 41.2 cm³/mol. The molecule has 0 aromatic carbocycles. The van der Waals surface area contributed by atoms with Crippen LogP contribution in [0.15, 0.2) is 0 Å². The van der Waals surface area contributed by atoms with E-state index in [4.69, 9.17) is 0 Å². The Morgan fingerprint density at radius 3 is 2.58 bits per heavy atom. The van der Waals surface area contributed by atoms with Gasteiger partial charge in [0.25, 0.3) is 10.4 Å². The van der Waals surface area contributed by atoms with Crippen molar-refractivity contribution in [3.05, 3.63) is 0 Å². The zero-order valence-corrected chi connectivity index (χ0v) is 7.80. The molecule has 6 heteroatoms. The van der Waals surface area contributed by atoms with Gasteiger partial charge < -0.3 is 4.74 Å². The Labute approximate surface area is 76.6 Å². The first-order valence-electron chi connectivity index (χ1n) is 3.17. The smallest absolute Gasteiger partial charge is 0.304 e. The van der Waals surface area contributed by atoms with Crippen LogP contribution in [0.5, 0.6) is 0 Å². The molecule has 0 aliphatic carbocycles. The monoisotopic (exact) mass is 235 g/mol. The molecule has 5 nitrogen and oxygen atoms in total. The summed E-state index contributed by atoms with van der Waals surface area (Å²) < 4.78 is 3.14. The summed E-state index contributed by atoms with van der Waals surface area (Å²) in [4.78, 5) is 32.2. The van der Waals surface area contributed by atoms with E-state index in [1.165, 1.54) is 6.92 Å². The van der Waals surface area contributed by atoms with Gasteiger partial charge in [0.1, 0.15) is 0 Å². The SMILES string of the molecule is CC(=O)OC1(Br)CC(=O)NC1=O. The van der Waals surface area contributed by atoms with Crippen LogP contribution in [0.1, 0.15) is 13.3 Å². The van der Waals surface area contributed by atoms with Gasteiger partial charge in [-0.05, 0) is 15.9 Å². The molecule has 1 rings (SSSR count). The lowest BCUT2D eigenvalue weighted by Crippen LogP contribution is -2.36. The van der Waals surface area contributed by atoms with E-state index in [1.54, 1.807) is 0 Å². The third-order valence-corrected chi connectivity index (χ3v) is 2.09. The molecule has 12 heavy (non-hydrogen) atoms. The number of alkyl halides is 1. The lowest BCUT2D eigenvalue weighted by Gasteiger charge is -2.16. The lowest BCUT2D eigenvalue weighted by molar-refractivity contribution is -0.154. The number of carbonyl (C=O) groups excluding carboxylic acids is 3. The van der Waals surface area contributed by atoms with E-state index in [1.807, 2.05) is 5.32 Å². The fraction of sp³-hybridized carbons (Fsp3) is 0.500. The van der Waals surface area contributed by atoms with Crippen molar-refractivity contribution in [1.82, 2.24) is 5.32 Å². The zero-order valence-electron chi connectivity index (χ0n) is 6.22. The number of carbonyl (C=O) groups is 3. The van der Waals surface area contributed by atoms with E-state index in [0.29, 0.717) is 0 Å². The summed E-state index contributed by atoms with van der Waals surface area (Å²) in [5.74, 6) is -1.71. The Kier molecular flexibility index (Phi) is 2.18. The average molecular weight is 236 g/mol. The topological polar surface area (TPSA) is 72.5 Å². The molecule has 1 fully saturated rings. The van der Waals surface area contributed by atoms with Gasteiger partial charge in [-0.15, -0.1) is 0 Å². The molecule has 1 atom stereocenters. The fourth-order valence-electron chi connectivity index (χ4n) is 0.861. The number of nitrogens with one attached hydrogen (secondary N) is 1. The number of hydrogen-bond donors (Lipinski definition) is 1. The van der Waals surface area contributed by atoms with Crippen molar-refractivity contribution in [3.63, 3.8) is 0 Å². The molecule has 2 amide bonds. The first-order valence-corrected chi connectivity index (χ1v) is 3.96. The van der Waals surface area contributed by atoms with Gasteiger partial charge >= 0.3 is 5.97 Å². The van der Waals surface area contributed by atoms with Crippen LogP contribution in [-0.4, -0.2) is 22.3 Å². The molecule has 0 aromatic heterocycles. The molecule has 1 heterocycles. The first kappa shape index (κ1) is 9.18. The van der Waals surface area contributed by atoms with Gasteiger partial charge in [-0.3, -0.25) is 19.7 Å². The molecule has 66 valence electrons. The molecular weight excluding hydrogens is 230 g/mol. The van der Waals surface area contributed by atoms with Crippen LogP contribution < -0.4 is 5.32 Å². The molecule has 1 unspecified atom stereocenters. The Balaban J connectivity index is 2.77. The summed E-state index contributed by atoms with van der Waals surface area (Å²) in [6.07, 6.45) is -0.175. The second-order valence-electron chi connectivity index (χ2n) is 2.38. The molecule has 0 saturated carbocycles. The van der Waals surface area contributed by atoms with Crippen molar-refractivity contribution < 1.29 is 19.1 Å². The van der Waals surface area contributed by atoms with Gasteiger partial charge in [-0.2, -0.15) is 0 Å². The molecule has 0 aromatic rings. The van der Waals surface area contributed by atoms with Crippen molar-refractivity contribution in [2.45, 2.75) is 17.9 Å².